The largest absolute Gasteiger partial charge is 0.394 e. The predicted molar refractivity (Wildman–Crippen MR) is 42.7 cm³/mol. The van der Waals surface area contributed by atoms with Crippen molar-refractivity contribution in [2.24, 2.45) is 5.92 Å². The topological polar surface area (TPSA) is 69.9 Å². The van der Waals surface area contributed by atoms with Gasteiger partial charge in [-0.15, -0.1) is 0 Å². The van der Waals surface area contributed by atoms with Crippen molar-refractivity contribution >= 4 is 7.85 Å². The van der Waals surface area contributed by atoms with Crippen LogP contribution in [0.15, 0.2) is 0 Å². The van der Waals surface area contributed by atoms with Gasteiger partial charge in [-0.3, -0.25) is 0 Å². The molecule has 0 aromatic heterocycles. The van der Waals surface area contributed by atoms with Crippen molar-refractivity contribution in [1.82, 2.24) is 0 Å². The average Bonchev–Trinajstić information content (AvgIpc) is 2.08. The lowest BCUT2D eigenvalue weighted by atomic mass is 9.79. The van der Waals surface area contributed by atoms with Gasteiger partial charge < -0.3 is 20.1 Å². The summed E-state index contributed by atoms with van der Waals surface area (Å²) < 4.78 is 5.05. The van der Waals surface area contributed by atoms with Crippen LogP contribution in [0.5, 0.6) is 0 Å². The molecule has 0 aromatic rings. The van der Waals surface area contributed by atoms with E-state index in [0.717, 1.165) is 0 Å². The highest BCUT2D eigenvalue weighted by atomic mass is 16.5. The Morgan fingerprint density at radius 2 is 1.92 bits per heavy atom. The van der Waals surface area contributed by atoms with Crippen LogP contribution in [-0.4, -0.2) is 54.1 Å². The normalized spacial score (nSPS) is 49.2. The molecule has 12 heavy (non-hydrogen) atoms. The summed E-state index contributed by atoms with van der Waals surface area (Å²) >= 11 is 0. The van der Waals surface area contributed by atoms with E-state index in [9.17, 15) is 10.2 Å². The van der Waals surface area contributed by atoms with Crippen LogP contribution in [0.1, 0.15) is 6.92 Å². The van der Waals surface area contributed by atoms with Crippen LogP contribution in [-0.2, 0) is 4.74 Å². The molecule has 1 heterocycles. The molecule has 1 aliphatic rings. The zero-order valence-corrected chi connectivity index (χ0v) is 6.92. The molecular formula is C7H13BO4. The number of hydrogen-bond donors (Lipinski definition) is 3. The number of aliphatic hydroxyl groups is 3. The van der Waals surface area contributed by atoms with E-state index in [1.807, 2.05) is 0 Å². The zero-order chi connectivity index (χ0) is 9.30. The summed E-state index contributed by atoms with van der Waals surface area (Å²) in [5.74, 6) is -0.317. The number of aliphatic hydroxyl groups excluding tert-OH is 3. The molecule has 0 amide bonds. The van der Waals surface area contributed by atoms with Crippen LogP contribution in [0, 0.1) is 5.92 Å². The monoisotopic (exact) mass is 172 g/mol. The zero-order valence-electron chi connectivity index (χ0n) is 6.92. The highest BCUT2D eigenvalue weighted by Crippen LogP contribution is 2.23. The van der Waals surface area contributed by atoms with E-state index in [1.54, 1.807) is 6.92 Å². The average molecular weight is 172 g/mol. The van der Waals surface area contributed by atoms with Crippen LogP contribution in [0.25, 0.3) is 0 Å². The Labute approximate surface area is 72.6 Å². The van der Waals surface area contributed by atoms with Gasteiger partial charge in [-0.25, -0.2) is 0 Å². The molecule has 1 saturated heterocycles. The Morgan fingerprint density at radius 1 is 1.33 bits per heavy atom. The second kappa shape index (κ2) is 3.74. The first-order valence-electron chi connectivity index (χ1n) is 3.96. The highest BCUT2D eigenvalue weighted by Gasteiger charge is 2.39. The molecule has 5 heteroatoms. The summed E-state index contributed by atoms with van der Waals surface area (Å²) in [7, 11) is 5.49. The van der Waals surface area contributed by atoms with E-state index in [0.29, 0.717) is 0 Å². The SMILES string of the molecule is [B]C1OC(CO)C(O)C(O)C1C. The van der Waals surface area contributed by atoms with Crippen molar-refractivity contribution in [2.75, 3.05) is 6.61 Å². The van der Waals surface area contributed by atoms with Crippen LogP contribution in [0.3, 0.4) is 0 Å². The van der Waals surface area contributed by atoms with Crippen LogP contribution in [0.2, 0.25) is 0 Å². The van der Waals surface area contributed by atoms with Crippen molar-refractivity contribution < 1.29 is 20.1 Å². The summed E-state index contributed by atoms with van der Waals surface area (Å²) in [4.78, 5) is 0. The van der Waals surface area contributed by atoms with Crippen LogP contribution < -0.4 is 0 Å². The van der Waals surface area contributed by atoms with Gasteiger partial charge in [0.25, 0.3) is 0 Å². The molecule has 5 unspecified atom stereocenters. The minimum atomic E-state index is -1.05. The molecular weight excluding hydrogens is 159 g/mol. The molecule has 5 atom stereocenters. The molecule has 1 fully saturated rings. The molecule has 1 rings (SSSR count). The minimum Gasteiger partial charge on any atom is -0.394 e. The van der Waals surface area contributed by atoms with Crippen molar-refractivity contribution in [2.45, 2.75) is 31.2 Å². The van der Waals surface area contributed by atoms with E-state index in [1.165, 1.54) is 0 Å². The predicted octanol–water partition coefficient (Wildman–Crippen LogP) is -1.77. The number of ether oxygens (including phenoxy) is 1. The Kier molecular flexibility index (Phi) is 3.12. The maximum atomic E-state index is 9.40. The Bertz CT molecular complexity index is 150. The first-order valence-corrected chi connectivity index (χ1v) is 3.96. The fraction of sp³-hybridized carbons (Fsp3) is 1.00. The molecule has 3 N–H and O–H groups in total. The Morgan fingerprint density at radius 3 is 2.42 bits per heavy atom. The fourth-order valence-electron chi connectivity index (χ4n) is 1.28. The van der Waals surface area contributed by atoms with Gasteiger partial charge in [0.1, 0.15) is 20.1 Å². The molecule has 0 saturated carbocycles. The lowest BCUT2D eigenvalue weighted by Gasteiger charge is -2.40. The van der Waals surface area contributed by atoms with Crippen LogP contribution >= 0.6 is 0 Å². The van der Waals surface area contributed by atoms with Gasteiger partial charge >= 0.3 is 0 Å². The van der Waals surface area contributed by atoms with Gasteiger partial charge in [0.05, 0.1) is 12.7 Å². The van der Waals surface area contributed by atoms with Crippen molar-refractivity contribution in [1.29, 1.82) is 0 Å². The lowest BCUT2D eigenvalue weighted by Crippen LogP contribution is -2.54. The van der Waals surface area contributed by atoms with Crippen molar-refractivity contribution in [3.63, 3.8) is 0 Å². The first-order chi connectivity index (χ1) is 5.57. The fourth-order valence-corrected chi connectivity index (χ4v) is 1.28. The van der Waals surface area contributed by atoms with Gasteiger partial charge in [-0.1, -0.05) is 6.92 Å². The molecule has 0 aliphatic carbocycles. The van der Waals surface area contributed by atoms with Gasteiger partial charge in [-0.05, 0) is 0 Å². The van der Waals surface area contributed by atoms with E-state index in [-0.39, 0.29) is 12.5 Å². The van der Waals surface area contributed by atoms with Crippen LogP contribution in [0.4, 0.5) is 0 Å². The summed E-state index contributed by atoms with van der Waals surface area (Å²) in [5.41, 5.74) is 0. The quantitative estimate of drug-likeness (QED) is 0.409. The second-order valence-electron chi connectivity index (χ2n) is 3.16. The molecule has 0 spiro atoms. The Hall–Kier alpha value is -0.0951. The summed E-state index contributed by atoms with van der Waals surface area (Å²) in [6.07, 6.45) is -2.75. The minimum absolute atomic E-state index is 0.317. The van der Waals surface area contributed by atoms with Gasteiger partial charge in [0, 0.05) is 11.9 Å². The molecule has 0 aromatic carbocycles. The van der Waals surface area contributed by atoms with Crippen molar-refractivity contribution in [3.8, 4) is 0 Å². The maximum Gasteiger partial charge on any atom is 0.109 e. The van der Waals surface area contributed by atoms with Crippen molar-refractivity contribution in [3.05, 3.63) is 0 Å². The summed E-state index contributed by atoms with van der Waals surface area (Å²) in [6, 6.07) is -0.624. The molecule has 4 nitrogen and oxygen atoms in total. The molecule has 1 aliphatic heterocycles. The first kappa shape index (κ1) is 9.99. The smallest absolute Gasteiger partial charge is 0.109 e. The maximum absolute atomic E-state index is 9.40. The third-order valence-electron chi connectivity index (χ3n) is 2.30. The molecule has 2 radical (unpaired) electrons. The van der Waals surface area contributed by atoms with E-state index in [2.05, 4.69) is 0 Å². The third kappa shape index (κ3) is 1.64. The van der Waals surface area contributed by atoms with E-state index < -0.39 is 24.3 Å². The highest BCUT2D eigenvalue weighted by molar-refractivity contribution is 6.11. The Balaban J connectivity index is 2.63. The molecule has 0 bridgehead atoms. The number of hydrogen-bond acceptors (Lipinski definition) is 4. The van der Waals surface area contributed by atoms with E-state index in [4.69, 9.17) is 17.7 Å². The van der Waals surface area contributed by atoms with Gasteiger partial charge in [-0.2, -0.15) is 0 Å². The number of rotatable bonds is 1. The lowest BCUT2D eigenvalue weighted by molar-refractivity contribution is -0.183. The van der Waals surface area contributed by atoms with E-state index >= 15 is 0 Å². The molecule has 68 valence electrons. The summed E-state index contributed by atoms with van der Waals surface area (Å²) in [5, 5.41) is 27.5. The van der Waals surface area contributed by atoms with Gasteiger partial charge in [0.15, 0.2) is 0 Å². The summed E-state index contributed by atoms with van der Waals surface area (Å²) in [6.45, 7) is 1.35. The second-order valence-corrected chi connectivity index (χ2v) is 3.16. The standard InChI is InChI=1S/C7H13BO4/c1-3-5(10)6(11)4(2-9)12-7(3)8/h3-7,9-11H,2H2,1H3. The third-order valence-corrected chi connectivity index (χ3v) is 2.30. The van der Waals surface area contributed by atoms with Gasteiger partial charge in [0.2, 0.25) is 0 Å².